The Morgan fingerprint density at radius 1 is 1.43 bits per heavy atom. The van der Waals surface area contributed by atoms with Crippen molar-refractivity contribution in [1.82, 2.24) is 4.98 Å². The molecule has 76 valence electrons. The minimum atomic E-state index is 0.547. The van der Waals surface area contributed by atoms with Crippen LogP contribution in [0.3, 0.4) is 0 Å². The molecule has 1 N–H and O–H groups in total. The summed E-state index contributed by atoms with van der Waals surface area (Å²) >= 11 is 5.71. The van der Waals surface area contributed by atoms with Gasteiger partial charge in [-0.1, -0.05) is 25.4 Å². The molecule has 3 heteroatoms. The van der Waals surface area contributed by atoms with Crippen molar-refractivity contribution < 1.29 is 0 Å². The number of nitrogens with one attached hydrogen (secondary N) is 1. The topological polar surface area (TPSA) is 24.9 Å². The van der Waals surface area contributed by atoms with Crippen molar-refractivity contribution in [1.29, 1.82) is 0 Å². The van der Waals surface area contributed by atoms with Gasteiger partial charge in [0.15, 0.2) is 0 Å². The highest BCUT2D eigenvalue weighted by molar-refractivity contribution is 6.29. The minimum absolute atomic E-state index is 0.547. The molecule has 0 aliphatic heterocycles. The normalized spacial score (nSPS) is 30.9. The first-order valence-corrected chi connectivity index (χ1v) is 5.42. The van der Waals surface area contributed by atoms with Crippen LogP contribution in [0.25, 0.3) is 0 Å². The third-order valence-electron chi connectivity index (χ3n) is 3.24. The van der Waals surface area contributed by atoms with E-state index in [0.717, 1.165) is 17.5 Å². The Labute approximate surface area is 89.7 Å². The average molecular weight is 211 g/mol. The molecule has 14 heavy (non-hydrogen) atoms. The lowest BCUT2D eigenvalue weighted by molar-refractivity contribution is 0.189. The molecular formula is C11H15ClN2. The summed E-state index contributed by atoms with van der Waals surface area (Å²) < 4.78 is 0. The molecule has 1 aliphatic carbocycles. The first-order chi connectivity index (χ1) is 6.66. The van der Waals surface area contributed by atoms with E-state index >= 15 is 0 Å². The SMILES string of the molecule is CC1CC(Nc2ccc(Cl)nc2)C1C. The van der Waals surface area contributed by atoms with Crippen molar-refractivity contribution >= 4 is 17.3 Å². The largest absolute Gasteiger partial charge is 0.381 e. The predicted molar refractivity (Wildman–Crippen MR) is 59.6 cm³/mol. The van der Waals surface area contributed by atoms with Gasteiger partial charge in [-0.2, -0.15) is 0 Å². The van der Waals surface area contributed by atoms with Gasteiger partial charge in [-0.05, 0) is 30.4 Å². The van der Waals surface area contributed by atoms with Gasteiger partial charge in [-0.3, -0.25) is 0 Å². The van der Waals surface area contributed by atoms with Gasteiger partial charge in [-0.15, -0.1) is 0 Å². The first kappa shape index (κ1) is 9.78. The number of hydrogen-bond donors (Lipinski definition) is 1. The van der Waals surface area contributed by atoms with E-state index in [1.165, 1.54) is 6.42 Å². The third kappa shape index (κ3) is 1.85. The molecule has 3 atom stereocenters. The van der Waals surface area contributed by atoms with Crippen LogP contribution in [-0.4, -0.2) is 11.0 Å². The molecule has 0 saturated heterocycles. The molecule has 2 rings (SSSR count). The standard InChI is InChI=1S/C11H15ClN2/c1-7-5-10(8(7)2)14-9-3-4-11(12)13-6-9/h3-4,6-8,10,14H,5H2,1-2H3. The zero-order chi connectivity index (χ0) is 10.1. The van der Waals surface area contributed by atoms with Crippen LogP contribution in [0.15, 0.2) is 18.3 Å². The molecule has 0 amide bonds. The van der Waals surface area contributed by atoms with Crippen LogP contribution < -0.4 is 5.32 Å². The van der Waals surface area contributed by atoms with E-state index in [2.05, 4.69) is 24.1 Å². The number of halogens is 1. The van der Waals surface area contributed by atoms with E-state index in [9.17, 15) is 0 Å². The second-order valence-corrected chi connectivity index (χ2v) is 4.58. The molecule has 1 aromatic rings. The van der Waals surface area contributed by atoms with E-state index in [1.54, 1.807) is 6.20 Å². The second kappa shape index (κ2) is 3.77. The van der Waals surface area contributed by atoms with Crippen LogP contribution in [0.5, 0.6) is 0 Å². The maximum Gasteiger partial charge on any atom is 0.129 e. The summed E-state index contributed by atoms with van der Waals surface area (Å²) in [5, 5.41) is 4.01. The molecule has 0 spiro atoms. The number of nitrogens with zero attached hydrogens (tertiary/aromatic N) is 1. The van der Waals surface area contributed by atoms with E-state index in [0.29, 0.717) is 11.2 Å². The van der Waals surface area contributed by atoms with Gasteiger partial charge in [0.05, 0.1) is 11.9 Å². The lowest BCUT2D eigenvalue weighted by atomic mass is 9.71. The Morgan fingerprint density at radius 3 is 2.71 bits per heavy atom. The molecule has 2 nitrogen and oxygen atoms in total. The average Bonchev–Trinajstić information content (AvgIpc) is 2.20. The van der Waals surface area contributed by atoms with Crippen molar-refractivity contribution in [3.05, 3.63) is 23.5 Å². The molecule has 1 fully saturated rings. The Morgan fingerprint density at radius 2 is 2.21 bits per heavy atom. The van der Waals surface area contributed by atoms with E-state index in [4.69, 9.17) is 11.6 Å². The van der Waals surface area contributed by atoms with E-state index in [-0.39, 0.29) is 0 Å². The lowest BCUT2D eigenvalue weighted by Gasteiger charge is -2.41. The Hall–Kier alpha value is -0.760. The van der Waals surface area contributed by atoms with E-state index in [1.807, 2.05) is 12.1 Å². The van der Waals surface area contributed by atoms with Crippen molar-refractivity contribution in [2.75, 3.05) is 5.32 Å². The smallest absolute Gasteiger partial charge is 0.129 e. The summed E-state index contributed by atoms with van der Waals surface area (Å²) in [6.07, 6.45) is 3.04. The summed E-state index contributed by atoms with van der Waals surface area (Å²) in [6.45, 7) is 4.58. The third-order valence-corrected chi connectivity index (χ3v) is 3.46. The fraction of sp³-hybridized carbons (Fsp3) is 0.545. The molecule has 1 aromatic heterocycles. The molecule has 3 unspecified atom stereocenters. The monoisotopic (exact) mass is 210 g/mol. The van der Waals surface area contributed by atoms with Gasteiger partial charge < -0.3 is 5.32 Å². The zero-order valence-corrected chi connectivity index (χ0v) is 9.25. The van der Waals surface area contributed by atoms with Gasteiger partial charge >= 0.3 is 0 Å². The zero-order valence-electron chi connectivity index (χ0n) is 8.50. The fourth-order valence-corrected chi connectivity index (χ4v) is 2.01. The fourth-order valence-electron chi connectivity index (χ4n) is 1.90. The van der Waals surface area contributed by atoms with Gasteiger partial charge in [0, 0.05) is 6.04 Å². The summed E-state index contributed by atoms with van der Waals surface area (Å²) in [5.41, 5.74) is 1.07. The van der Waals surface area contributed by atoms with Crippen LogP contribution in [0.2, 0.25) is 5.15 Å². The minimum Gasteiger partial charge on any atom is -0.381 e. The van der Waals surface area contributed by atoms with Gasteiger partial charge in [0.2, 0.25) is 0 Å². The first-order valence-electron chi connectivity index (χ1n) is 5.05. The quantitative estimate of drug-likeness (QED) is 0.759. The summed E-state index contributed by atoms with van der Waals surface area (Å²) in [6, 6.07) is 4.40. The maximum atomic E-state index is 5.71. The lowest BCUT2D eigenvalue weighted by Crippen LogP contribution is -2.43. The summed E-state index contributed by atoms with van der Waals surface area (Å²) in [5.74, 6) is 1.60. The number of anilines is 1. The molecule has 0 radical (unpaired) electrons. The molecule has 1 heterocycles. The number of hydrogen-bond acceptors (Lipinski definition) is 2. The highest BCUT2D eigenvalue weighted by Crippen LogP contribution is 2.35. The van der Waals surface area contributed by atoms with Crippen molar-refractivity contribution in [3.63, 3.8) is 0 Å². The Bertz CT molecular complexity index is 310. The summed E-state index contributed by atoms with van der Waals surface area (Å²) in [7, 11) is 0. The van der Waals surface area contributed by atoms with Crippen molar-refractivity contribution in [3.8, 4) is 0 Å². The maximum absolute atomic E-state index is 5.71. The van der Waals surface area contributed by atoms with Crippen LogP contribution in [0, 0.1) is 11.8 Å². The molecule has 1 aliphatic rings. The van der Waals surface area contributed by atoms with Crippen LogP contribution >= 0.6 is 11.6 Å². The molecule has 1 saturated carbocycles. The molecule has 0 bridgehead atoms. The van der Waals surface area contributed by atoms with Gasteiger partial charge in [0.1, 0.15) is 5.15 Å². The number of rotatable bonds is 2. The van der Waals surface area contributed by atoms with Gasteiger partial charge in [0.25, 0.3) is 0 Å². The Balaban J connectivity index is 1.95. The van der Waals surface area contributed by atoms with Crippen molar-refractivity contribution in [2.24, 2.45) is 11.8 Å². The number of aromatic nitrogens is 1. The highest BCUT2D eigenvalue weighted by Gasteiger charge is 2.33. The number of pyridine rings is 1. The predicted octanol–water partition coefficient (Wildman–Crippen LogP) is 3.19. The van der Waals surface area contributed by atoms with Crippen LogP contribution in [-0.2, 0) is 0 Å². The molecule has 0 aromatic carbocycles. The van der Waals surface area contributed by atoms with E-state index < -0.39 is 0 Å². The second-order valence-electron chi connectivity index (χ2n) is 4.19. The van der Waals surface area contributed by atoms with Crippen LogP contribution in [0.4, 0.5) is 5.69 Å². The Kier molecular flexibility index (Phi) is 2.64. The van der Waals surface area contributed by atoms with Crippen molar-refractivity contribution in [2.45, 2.75) is 26.3 Å². The summed E-state index contributed by atoms with van der Waals surface area (Å²) in [4.78, 5) is 4.04. The highest BCUT2D eigenvalue weighted by atomic mass is 35.5. The van der Waals surface area contributed by atoms with Crippen LogP contribution in [0.1, 0.15) is 20.3 Å². The van der Waals surface area contributed by atoms with Gasteiger partial charge in [-0.25, -0.2) is 4.98 Å². The molecular weight excluding hydrogens is 196 g/mol.